The minimum Gasteiger partial charge on any atom is -0.507 e. The van der Waals surface area contributed by atoms with E-state index in [2.05, 4.69) is 24.0 Å². The van der Waals surface area contributed by atoms with Crippen LogP contribution in [-0.4, -0.2) is 16.6 Å². The number of phenolic OH excluding ortho intramolecular Hbond substituents is 1. The highest BCUT2D eigenvalue weighted by Gasteiger charge is 2.17. The van der Waals surface area contributed by atoms with Gasteiger partial charge in [0.05, 0.1) is 5.52 Å². The van der Waals surface area contributed by atoms with Crippen molar-refractivity contribution in [1.29, 1.82) is 0 Å². The Morgan fingerprint density at radius 1 is 1.22 bits per heavy atom. The second-order valence-electron chi connectivity index (χ2n) is 6.71. The molecule has 4 nitrogen and oxygen atoms in total. The van der Waals surface area contributed by atoms with Crippen LogP contribution in [0.25, 0.3) is 32.1 Å². The van der Waals surface area contributed by atoms with Crippen LogP contribution in [0.15, 0.2) is 46.6 Å². The number of nitrogens with two attached hydrogens (primary N) is 1. The normalized spacial score (nSPS) is 12.3. The van der Waals surface area contributed by atoms with Crippen molar-refractivity contribution in [2.24, 2.45) is 5.73 Å². The second kappa shape index (κ2) is 7.35. The Kier molecular flexibility index (Phi) is 5.29. The van der Waals surface area contributed by atoms with E-state index in [4.69, 9.17) is 5.73 Å². The SMILES string of the molecule is Cc1cc(O)c(-c2ccc(C(C)CN)cc2)c2c1[nH]c(=O)c1sccc12.Cl. The first-order chi connectivity index (χ1) is 12.5. The summed E-state index contributed by atoms with van der Waals surface area (Å²) in [5.41, 5.74) is 10.1. The predicted molar refractivity (Wildman–Crippen MR) is 117 cm³/mol. The third-order valence-corrected chi connectivity index (χ3v) is 5.92. The number of hydrogen-bond acceptors (Lipinski definition) is 4. The Hall–Kier alpha value is -2.34. The van der Waals surface area contributed by atoms with Gasteiger partial charge in [-0.2, -0.15) is 0 Å². The molecule has 2 aromatic carbocycles. The molecule has 27 heavy (non-hydrogen) atoms. The van der Waals surface area contributed by atoms with E-state index < -0.39 is 0 Å². The average molecular weight is 401 g/mol. The maximum Gasteiger partial charge on any atom is 0.266 e. The first-order valence-electron chi connectivity index (χ1n) is 8.57. The Morgan fingerprint density at radius 3 is 2.59 bits per heavy atom. The fourth-order valence-electron chi connectivity index (χ4n) is 3.49. The van der Waals surface area contributed by atoms with Crippen LogP contribution in [0.1, 0.15) is 24.0 Å². The fourth-order valence-corrected chi connectivity index (χ4v) is 4.28. The maximum absolute atomic E-state index is 12.4. The molecule has 6 heteroatoms. The van der Waals surface area contributed by atoms with Gasteiger partial charge in [-0.05, 0) is 53.6 Å². The number of benzene rings is 2. The molecule has 0 aliphatic carbocycles. The van der Waals surface area contributed by atoms with Crippen LogP contribution in [0.3, 0.4) is 0 Å². The molecule has 0 spiro atoms. The summed E-state index contributed by atoms with van der Waals surface area (Å²) in [6.07, 6.45) is 0. The molecule has 0 saturated carbocycles. The van der Waals surface area contributed by atoms with Crippen molar-refractivity contribution in [3.05, 3.63) is 63.3 Å². The molecule has 140 valence electrons. The standard InChI is InChI=1S/C21H20N2O2S.ClH/c1-11-9-16(24)17(14-5-3-13(4-6-14)12(2)10-22)18-15-7-8-26-20(15)21(25)23-19(11)18;/h3-9,12,24H,10,22H2,1-2H3,(H,23,25);1H. The van der Waals surface area contributed by atoms with Crippen LogP contribution in [0.5, 0.6) is 5.75 Å². The number of aromatic nitrogens is 1. The fraction of sp³-hybridized carbons (Fsp3) is 0.190. The van der Waals surface area contributed by atoms with Gasteiger partial charge in [-0.25, -0.2) is 0 Å². The summed E-state index contributed by atoms with van der Waals surface area (Å²) in [5, 5.41) is 14.4. The number of hydrogen-bond donors (Lipinski definition) is 3. The molecular weight excluding hydrogens is 380 g/mol. The van der Waals surface area contributed by atoms with Crippen molar-refractivity contribution in [3.63, 3.8) is 0 Å². The van der Waals surface area contributed by atoms with Crippen LogP contribution in [-0.2, 0) is 0 Å². The smallest absolute Gasteiger partial charge is 0.266 e. The molecule has 1 unspecified atom stereocenters. The molecule has 0 aliphatic heterocycles. The predicted octanol–water partition coefficient (Wildman–Crippen LogP) is 4.91. The van der Waals surface area contributed by atoms with E-state index in [1.165, 1.54) is 16.9 Å². The number of aromatic amines is 1. The van der Waals surface area contributed by atoms with Gasteiger partial charge >= 0.3 is 0 Å². The van der Waals surface area contributed by atoms with Crippen molar-refractivity contribution in [2.75, 3.05) is 6.54 Å². The van der Waals surface area contributed by atoms with E-state index >= 15 is 0 Å². The Morgan fingerprint density at radius 2 is 1.93 bits per heavy atom. The molecule has 4 aromatic rings. The number of fused-ring (bicyclic) bond motifs is 3. The molecule has 4 rings (SSSR count). The number of phenols is 1. The van der Waals surface area contributed by atoms with E-state index in [0.29, 0.717) is 11.2 Å². The van der Waals surface area contributed by atoms with Gasteiger partial charge in [0.2, 0.25) is 0 Å². The quantitative estimate of drug-likeness (QED) is 0.457. The minimum absolute atomic E-state index is 0. The summed E-state index contributed by atoms with van der Waals surface area (Å²) in [5.74, 6) is 0.501. The number of aryl methyl sites for hydroxylation is 1. The average Bonchev–Trinajstić information content (AvgIpc) is 3.13. The first kappa shape index (κ1) is 19.4. The number of nitrogens with one attached hydrogen (secondary N) is 1. The number of aromatic hydroxyl groups is 1. The van der Waals surface area contributed by atoms with Gasteiger partial charge in [0.15, 0.2) is 0 Å². The van der Waals surface area contributed by atoms with Crippen molar-refractivity contribution >= 4 is 44.7 Å². The Labute approximate surface area is 167 Å². The lowest BCUT2D eigenvalue weighted by Gasteiger charge is -2.14. The first-order valence-corrected chi connectivity index (χ1v) is 9.45. The number of halogens is 1. The van der Waals surface area contributed by atoms with E-state index in [-0.39, 0.29) is 29.6 Å². The van der Waals surface area contributed by atoms with Gasteiger partial charge in [0, 0.05) is 16.3 Å². The van der Waals surface area contributed by atoms with Crippen molar-refractivity contribution in [3.8, 4) is 16.9 Å². The van der Waals surface area contributed by atoms with Crippen LogP contribution < -0.4 is 11.3 Å². The topological polar surface area (TPSA) is 79.1 Å². The van der Waals surface area contributed by atoms with Gasteiger partial charge in [-0.3, -0.25) is 4.79 Å². The number of H-pyrrole nitrogens is 1. The van der Waals surface area contributed by atoms with Crippen LogP contribution >= 0.6 is 23.7 Å². The summed E-state index contributed by atoms with van der Waals surface area (Å²) >= 11 is 1.41. The highest BCUT2D eigenvalue weighted by atomic mass is 35.5. The third kappa shape index (κ3) is 3.12. The summed E-state index contributed by atoms with van der Waals surface area (Å²) in [6, 6.07) is 11.8. The summed E-state index contributed by atoms with van der Waals surface area (Å²) in [7, 11) is 0. The molecule has 1 atom stereocenters. The lowest BCUT2D eigenvalue weighted by Crippen LogP contribution is -2.08. The number of pyridine rings is 1. The van der Waals surface area contributed by atoms with E-state index in [1.54, 1.807) is 6.07 Å². The number of thiophene rings is 1. The molecule has 0 saturated heterocycles. The summed E-state index contributed by atoms with van der Waals surface area (Å²) in [6.45, 7) is 4.58. The Balaban J connectivity index is 0.00000210. The van der Waals surface area contributed by atoms with Gasteiger partial charge in [0.25, 0.3) is 5.56 Å². The van der Waals surface area contributed by atoms with Gasteiger partial charge in [0.1, 0.15) is 10.4 Å². The minimum atomic E-state index is -0.0886. The molecule has 0 amide bonds. The zero-order valence-corrected chi connectivity index (χ0v) is 16.7. The van der Waals surface area contributed by atoms with Gasteiger partial charge in [-0.1, -0.05) is 31.2 Å². The highest BCUT2D eigenvalue weighted by molar-refractivity contribution is 7.17. The van der Waals surface area contributed by atoms with E-state index in [9.17, 15) is 9.90 Å². The molecule has 2 heterocycles. The summed E-state index contributed by atoms with van der Waals surface area (Å²) in [4.78, 5) is 15.4. The molecule has 4 N–H and O–H groups in total. The Bertz CT molecular complexity index is 1180. The maximum atomic E-state index is 12.4. The molecule has 0 radical (unpaired) electrons. The molecule has 2 aromatic heterocycles. The van der Waals surface area contributed by atoms with E-state index in [1.807, 2.05) is 30.5 Å². The molecular formula is C21H21ClN2O2S. The van der Waals surface area contributed by atoms with Gasteiger partial charge in [-0.15, -0.1) is 23.7 Å². The zero-order chi connectivity index (χ0) is 18.4. The molecule has 0 aliphatic rings. The monoisotopic (exact) mass is 400 g/mol. The lowest BCUT2D eigenvalue weighted by molar-refractivity contribution is 0.477. The van der Waals surface area contributed by atoms with Crippen molar-refractivity contribution in [2.45, 2.75) is 19.8 Å². The third-order valence-electron chi connectivity index (χ3n) is 5.00. The summed E-state index contributed by atoms with van der Waals surface area (Å²) < 4.78 is 0.678. The molecule has 0 bridgehead atoms. The number of rotatable bonds is 3. The van der Waals surface area contributed by atoms with Gasteiger partial charge < -0.3 is 15.8 Å². The van der Waals surface area contributed by atoms with Crippen molar-refractivity contribution in [1.82, 2.24) is 4.98 Å². The highest BCUT2D eigenvalue weighted by Crippen LogP contribution is 2.41. The largest absolute Gasteiger partial charge is 0.507 e. The lowest BCUT2D eigenvalue weighted by atomic mass is 9.93. The van der Waals surface area contributed by atoms with Crippen LogP contribution in [0.4, 0.5) is 0 Å². The second-order valence-corrected chi connectivity index (χ2v) is 7.63. The van der Waals surface area contributed by atoms with Crippen LogP contribution in [0, 0.1) is 6.92 Å². The molecule has 0 fully saturated rings. The zero-order valence-electron chi connectivity index (χ0n) is 15.1. The van der Waals surface area contributed by atoms with Crippen LogP contribution in [0.2, 0.25) is 0 Å². The van der Waals surface area contributed by atoms with Crippen molar-refractivity contribution < 1.29 is 5.11 Å². The van der Waals surface area contributed by atoms with E-state index in [0.717, 1.165) is 33.0 Å².